The fraction of sp³-hybridized carbons (Fsp3) is 0.625. The molecule has 0 amide bonds. The minimum absolute atomic E-state index is 0.0245. The molecule has 0 aliphatic heterocycles. The lowest BCUT2D eigenvalue weighted by Crippen LogP contribution is -2.38. The van der Waals surface area contributed by atoms with Crippen molar-refractivity contribution in [2.45, 2.75) is 39.8 Å². The Labute approximate surface area is 121 Å². The maximum atomic E-state index is 13.5. The molecule has 0 aliphatic rings. The first-order valence-corrected chi connectivity index (χ1v) is 7.37. The van der Waals surface area contributed by atoms with Crippen molar-refractivity contribution < 1.29 is 9.50 Å². The molecular formula is C16H27FN2O. The van der Waals surface area contributed by atoms with Gasteiger partial charge in [-0.1, -0.05) is 26.0 Å². The molecule has 4 heteroatoms. The van der Waals surface area contributed by atoms with E-state index in [1.807, 2.05) is 13.0 Å². The zero-order valence-corrected chi connectivity index (χ0v) is 13.0. The van der Waals surface area contributed by atoms with Gasteiger partial charge in [-0.15, -0.1) is 0 Å². The van der Waals surface area contributed by atoms with E-state index in [1.165, 1.54) is 0 Å². The molecule has 0 aromatic heterocycles. The van der Waals surface area contributed by atoms with Crippen molar-refractivity contribution in [2.24, 2.45) is 0 Å². The topological polar surface area (TPSA) is 35.5 Å². The van der Waals surface area contributed by atoms with Gasteiger partial charge in [-0.05, 0) is 44.1 Å². The SMILES string of the molecule is CCN(CC)CC(O)CNC(C)c1ccc(C)c(F)c1. The van der Waals surface area contributed by atoms with Crippen LogP contribution in [0.25, 0.3) is 0 Å². The van der Waals surface area contributed by atoms with E-state index in [-0.39, 0.29) is 11.9 Å². The quantitative estimate of drug-likeness (QED) is 0.769. The molecular weight excluding hydrogens is 255 g/mol. The van der Waals surface area contributed by atoms with E-state index in [2.05, 4.69) is 24.1 Å². The molecule has 2 unspecified atom stereocenters. The van der Waals surface area contributed by atoms with Gasteiger partial charge in [0.05, 0.1) is 6.10 Å². The van der Waals surface area contributed by atoms with Crippen LogP contribution in [-0.2, 0) is 0 Å². The number of aryl methyl sites for hydroxylation is 1. The maximum absolute atomic E-state index is 13.5. The zero-order chi connectivity index (χ0) is 15.1. The highest BCUT2D eigenvalue weighted by Gasteiger charge is 2.12. The van der Waals surface area contributed by atoms with Gasteiger partial charge in [0, 0.05) is 19.1 Å². The Kier molecular flexibility index (Phi) is 7.13. The van der Waals surface area contributed by atoms with E-state index in [0.29, 0.717) is 18.7 Å². The Hall–Kier alpha value is -0.970. The number of aliphatic hydroxyl groups is 1. The minimum Gasteiger partial charge on any atom is -0.390 e. The van der Waals surface area contributed by atoms with Crippen LogP contribution < -0.4 is 5.32 Å². The molecule has 0 fully saturated rings. The van der Waals surface area contributed by atoms with Crippen LogP contribution in [0.15, 0.2) is 18.2 Å². The molecule has 1 rings (SSSR count). The Morgan fingerprint density at radius 2 is 1.95 bits per heavy atom. The molecule has 0 saturated carbocycles. The number of benzene rings is 1. The van der Waals surface area contributed by atoms with Crippen LogP contribution in [0.1, 0.15) is 37.9 Å². The first-order chi connectivity index (χ1) is 9.47. The number of likely N-dealkylation sites (N-methyl/N-ethyl adjacent to an activating group) is 1. The molecule has 0 saturated heterocycles. The van der Waals surface area contributed by atoms with E-state index in [0.717, 1.165) is 18.7 Å². The Morgan fingerprint density at radius 1 is 1.30 bits per heavy atom. The fourth-order valence-electron chi connectivity index (χ4n) is 2.15. The molecule has 0 radical (unpaired) electrons. The number of hydrogen-bond donors (Lipinski definition) is 2. The smallest absolute Gasteiger partial charge is 0.126 e. The number of nitrogens with one attached hydrogen (secondary N) is 1. The number of rotatable bonds is 8. The van der Waals surface area contributed by atoms with Crippen molar-refractivity contribution in [1.82, 2.24) is 10.2 Å². The van der Waals surface area contributed by atoms with Gasteiger partial charge in [0.1, 0.15) is 5.82 Å². The standard InChI is InChI=1S/C16H27FN2O/c1-5-19(6-2)11-15(20)10-18-13(4)14-8-7-12(3)16(17)9-14/h7-9,13,15,18,20H,5-6,10-11H2,1-4H3. The summed E-state index contributed by atoms with van der Waals surface area (Å²) in [6, 6.07) is 5.29. The highest BCUT2D eigenvalue weighted by Crippen LogP contribution is 2.16. The second-order valence-electron chi connectivity index (χ2n) is 5.28. The minimum atomic E-state index is -0.410. The van der Waals surface area contributed by atoms with Crippen LogP contribution in [0.2, 0.25) is 0 Å². The molecule has 1 aromatic rings. The van der Waals surface area contributed by atoms with Crippen LogP contribution in [0.3, 0.4) is 0 Å². The number of hydrogen-bond acceptors (Lipinski definition) is 3. The summed E-state index contributed by atoms with van der Waals surface area (Å²) in [6.07, 6.45) is -0.410. The van der Waals surface area contributed by atoms with E-state index in [4.69, 9.17) is 0 Å². The maximum Gasteiger partial charge on any atom is 0.126 e. The number of aliphatic hydroxyl groups excluding tert-OH is 1. The summed E-state index contributed by atoms with van der Waals surface area (Å²) >= 11 is 0. The molecule has 0 aliphatic carbocycles. The second kappa shape index (κ2) is 8.35. The molecule has 0 bridgehead atoms. The predicted molar refractivity (Wildman–Crippen MR) is 81.3 cm³/mol. The third-order valence-electron chi connectivity index (χ3n) is 3.72. The van der Waals surface area contributed by atoms with Crippen molar-refractivity contribution in [3.8, 4) is 0 Å². The van der Waals surface area contributed by atoms with Crippen LogP contribution >= 0.6 is 0 Å². The average Bonchev–Trinajstić information content (AvgIpc) is 2.45. The fourth-order valence-corrected chi connectivity index (χ4v) is 2.15. The summed E-state index contributed by atoms with van der Waals surface area (Å²) in [4.78, 5) is 2.18. The van der Waals surface area contributed by atoms with Crippen LogP contribution in [0, 0.1) is 12.7 Å². The average molecular weight is 282 g/mol. The molecule has 20 heavy (non-hydrogen) atoms. The van der Waals surface area contributed by atoms with Gasteiger partial charge in [0.15, 0.2) is 0 Å². The van der Waals surface area contributed by atoms with Crippen molar-refractivity contribution in [1.29, 1.82) is 0 Å². The van der Waals surface area contributed by atoms with Gasteiger partial charge < -0.3 is 15.3 Å². The molecule has 0 spiro atoms. The van der Waals surface area contributed by atoms with E-state index in [9.17, 15) is 9.50 Å². The zero-order valence-electron chi connectivity index (χ0n) is 13.0. The molecule has 2 atom stereocenters. The van der Waals surface area contributed by atoms with Crippen LogP contribution in [-0.4, -0.2) is 42.3 Å². The summed E-state index contributed by atoms with van der Waals surface area (Å²) in [5.74, 6) is -0.181. The Morgan fingerprint density at radius 3 is 2.50 bits per heavy atom. The third-order valence-corrected chi connectivity index (χ3v) is 3.72. The van der Waals surface area contributed by atoms with Crippen molar-refractivity contribution in [3.05, 3.63) is 35.1 Å². The first kappa shape index (κ1) is 17.1. The van der Waals surface area contributed by atoms with Gasteiger partial charge in [-0.2, -0.15) is 0 Å². The van der Waals surface area contributed by atoms with E-state index in [1.54, 1.807) is 19.1 Å². The lowest BCUT2D eigenvalue weighted by Gasteiger charge is -2.23. The molecule has 2 N–H and O–H groups in total. The molecule has 0 heterocycles. The summed E-state index contributed by atoms with van der Waals surface area (Å²) in [7, 11) is 0. The number of halogens is 1. The first-order valence-electron chi connectivity index (χ1n) is 7.37. The Balaban J connectivity index is 2.46. The number of nitrogens with zero attached hydrogens (tertiary/aromatic N) is 1. The third kappa shape index (κ3) is 5.19. The monoisotopic (exact) mass is 282 g/mol. The van der Waals surface area contributed by atoms with Crippen molar-refractivity contribution in [2.75, 3.05) is 26.2 Å². The molecule has 3 nitrogen and oxygen atoms in total. The molecule has 1 aromatic carbocycles. The summed E-state index contributed by atoms with van der Waals surface area (Å²) in [5, 5.41) is 13.3. The lowest BCUT2D eigenvalue weighted by molar-refractivity contribution is 0.114. The van der Waals surface area contributed by atoms with Crippen LogP contribution in [0.5, 0.6) is 0 Å². The summed E-state index contributed by atoms with van der Waals surface area (Å²) in [6.45, 7) is 10.9. The van der Waals surface area contributed by atoms with Gasteiger partial charge in [0.25, 0.3) is 0 Å². The van der Waals surface area contributed by atoms with E-state index < -0.39 is 6.10 Å². The van der Waals surface area contributed by atoms with Gasteiger partial charge in [0.2, 0.25) is 0 Å². The normalized spacial score (nSPS) is 14.6. The summed E-state index contributed by atoms with van der Waals surface area (Å²) < 4.78 is 13.5. The van der Waals surface area contributed by atoms with Crippen LogP contribution in [0.4, 0.5) is 4.39 Å². The van der Waals surface area contributed by atoms with E-state index >= 15 is 0 Å². The predicted octanol–water partition coefficient (Wildman–Crippen LogP) is 2.49. The summed E-state index contributed by atoms with van der Waals surface area (Å²) in [5.41, 5.74) is 1.56. The molecule has 114 valence electrons. The highest BCUT2D eigenvalue weighted by atomic mass is 19.1. The van der Waals surface area contributed by atoms with Gasteiger partial charge in [-0.3, -0.25) is 0 Å². The second-order valence-corrected chi connectivity index (χ2v) is 5.28. The van der Waals surface area contributed by atoms with Crippen molar-refractivity contribution in [3.63, 3.8) is 0 Å². The highest BCUT2D eigenvalue weighted by molar-refractivity contribution is 5.25. The Bertz CT molecular complexity index is 407. The lowest BCUT2D eigenvalue weighted by atomic mass is 10.1. The van der Waals surface area contributed by atoms with Gasteiger partial charge >= 0.3 is 0 Å². The van der Waals surface area contributed by atoms with Gasteiger partial charge in [-0.25, -0.2) is 4.39 Å². The van der Waals surface area contributed by atoms with Crippen molar-refractivity contribution >= 4 is 0 Å². The largest absolute Gasteiger partial charge is 0.390 e.